The SMILES string of the molecule is COCCC(CO)NC(=O)CSc1cccs1. The summed E-state index contributed by atoms with van der Waals surface area (Å²) in [5.41, 5.74) is 0. The molecule has 1 atom stereocenters. The van der Waals surface area contributed by atoms with E-state index < -0.39 is 0 Å². The van der Waals surface area contributed by atoms with Gasteiger partial charge in [-0.05, 0) is 17.9 Å². The van der Waals surface area contributed by atoms with Crippen LogP contribution in [0.4, 0.5) is 0 Å². The van der Waals surface area contributed by atoms with Gasteiger partial charge in [0.05, 0.1) is 22.6 Å². The van der Waals surface area contributed by atoms with Crippen LogP contribution in [0.25, 0.3) is 0 Å². The van der Waals surface area contributed by atoms with E-state index in [2.05, 4.69) is 5.32 Å². The molecule has 1 amide bonds. The number of carbonyl (C=O) groups is 1. The van der Waals surface area contributed by atoms with Crippen LogP contribution in [0.3, 0.4) is 0 Å². The third-order valence-electron chi connectivity index (χ3n) is 2.10. The first kappa shape index (κ1) is 14.5. The maximum absolute atomic E-state index is 11.6. The second kappa shape index (κ2) is 8.52. The zero-order valence-electron chi connectivity index (χ0n) is 9.72. The minimum atomic E-state index is -0.216. The van der Waals surface area contributed by atoms with Crippen molar-refractivity contribution in [3.63, 3.8) is 0 Å². The second-order valence-corrected chi connectivity index (χ2v) is 5.67. The number of rotatable bonds is 8. The summed E-state index contributed by atoms with van der Waals surface area (Å²) in [4.78, 5) is 11.6. The van der Waals surface area contributed by atoms with Crippen LogP contribution in [0.1, 0.15) is 6.42 Å². The highest BCUT2D eigenvalue weighted by molar-refractivity contribution is 8.01. The third-order valence-corrected chi connectivity index (χ3v) is 4.23. The summed E-state index contributed by atoms with van der Waals surface area (Å²) in [5.74, 6) is 0.322. The van der Waals surface area contributed by atoms with Crippen LogP contribution >= 0.6 is 23.1 Å². The van der Waals surface area contributed by atoms with Crippen molar-refractivity contribution in [2.75, 3.05) is 26.1 Å². The Morgan fingerprint density at radius 1 is 1.71 bits per heavy atom. The summed E-state index contributed by atoms with van der Waals surface area (Å²) in [6, 6.07) is 3.73. The summed E-state index contributed by atoms with van der Waals surface area (Å²) >= 11 is 3.12. The van der Waals surface area contributed by atoms with Crippen molar-refractivity contribution in [1.29, 1.82) is 0 Å². The lowest BCUT2D eigenvalue weighted by Crippen LogP contribution is -2.39. The lowest BCUT2D eigenvalue weighted by molar-refractivity contribution is -0.119. The number of aliphatic hydroxyl groups excluding tert-OH is 1. The lowest BCUT2D eigenvalue weighted by Gasteiger charge is -2.15. The van der Waals surface area contributed by atoms with Crippen LogP contribution in [-0.2, 0) is 9.53 Å². The van der Waals surface area contributed by atoms with E-state index in [4.69, 9.17) is 9.84 Å². The van der Waals surface area contributed by atoms with E-state index >= 15 is 0 Å². The van der Waals surface area contributed by atoms with Crippen molar-refractivity contribution < 1.29 is 14.6 Å². The van der Waals surface area contributed by atoms with Crippen molar-refractivity contribution in [3.05, 3.63) is 17.5 Å². The molecule has 6 heteroatoms. The summed E-state index contributed by atoms with van der Waals surface area (Å²) in [7, 11) is 1.60. The maximum Gasteiger partial charge on any atom is 0.230 e. The van der Waals surface area contributed by atoms with Gasteiger partial charge in [-0.1, -0.05) is 6.07 Å². The predicted octanol–water partition coefficient (Wildman–Crippen LogP) is 1.35. The fraction of sp³-hybridized carbons (Fsp3) is 0.545. The molecule has 0 saturated heterocycles. The minimum Gasteiger partial charge on any atom is -0.394 e. The Morgan fingerprint density at radius 2 is 2.53 bits per heavy atom. The molecule has 4 nitrogen and oxygen atoms in total. The predicted molar refractivity (Wildman–Crippen MR) is 70.6 cm³/mol. The molecule has 0 saturated carbocycles. The molecule has 0 spiro atoms. The highest BCUT2D eigenvalue weighted by Crippen LogP contribution is 2.22. The number of thioether (sulfide) groups is 1. The molecule has 1 aromatic rings. The van der Waals surface area contributed by atoms with Crippen LogP contribution in [0, 0.1) is 0 Å². The zero-order chi connectivity index (χ0) is 12.5. The number of aliphatic hydroxyl groups is 1. The fourth-order valence-corrected chi connectivity index (χ4v) is 2.82. The van der Waals surface area contributed by atoms with Crippen LogP contribution in [0.5, 0.6) is 0 Å². The molecule has 0 aliphatic rings. The monoisotopic (exact) mass is 275 g/mol. The van der Waals surface area contributed by atoms with Crippen LogP contribution in [-0.4, -0.2) is 43.1 Å². The molecular weight excluding hydrogens is 258 g/mol. The zero-order valence-corrected chi connectivity index (χ0v) is 11.4. The molecular formula is C11H17NO3S2. The topological polar surface area (TPSA) is 58.6 Å². The van der Waals surface area contributed by atoms with E-state index in [0.29, 0.717) is 18.8 Å². The number of nitrogens with one attached hydrogen (secondary N) is 1. The van der Waals surface area contributed by atoms with E-state index in [1.54, 1.807) is 18.4 Å². The fourth-order valence-electron chi connectivity index (χ4n) is 1.22. The van der Waals surface area contributed by atoms with Crippen LogP contribution in [0.2, 0.25) is 0 Å². The van der Waals surface area contributed by atoms with Crippen LogP contribution in [0.15, 0.2) is 21.7 Å². The van der Waals surface area contributed by atoms with Gasteiger partial charge in [0.15, 0.2) is 0 Å². The molecule has 1 unspecified atom stereocenters. The van der Waals surface area contributed by atoms with Gasteiger partial charge in [0.25, 0.3) is 0 Å². The summed E-state index contributed by atoms with van der Waals surface area (Å²) in [5, 5.41) is 13.8. The van der Waals surface area contributed by atoms with E-state index in [9.17, 15) is 4.79 Å². The first-order valence-corrected chi connectivity index (χ1v) is 7.18. The average Bonchev–Trinajstić information content (AvgIpc) is 2.85. The Balaban J connectivity index is 2.22. The van der Waals surface area contributed by atoms with Crippen molar-refractivity contribution in [2.45, 2.75) is 16.7 Å². The third kappa shape index (κ3) is 6.07. The summed E-state index contributed by atoms with van der Waals surface area (Å²) in [6.45, 7) is 0.475. The van der Waals surface area contributed by atoms with Crippen molar-refractivity contribution in [1.82, 2.24) is 5.32 Å². The number of ether oxygens (including phenoxy) is 1. The molecule has 0 aliphatic heterocycles. The Kier molecular flexibility index (Phi) is 7.27. The van der Waals surface area contributed by atoms with E-state index in [1.807, 2.05) is 17.5 Å². The van der Waals surface area contributed by atoms with Crippen molar-refractivity contribution in [3.8, 4) is 0 Å². The highest BCUT2D eigenvalue weighted by atomic mass is 32.2. The number of amides is 1. The molecule has 0 bridgehead atoms. The van der Waals surface area contributed by atoms with Gasteiger partial charge in [-0.3, -0.25) is 4.79 Å². The first-order valence-electron chi connectivity index (χ1n) is 5.31. The second-order valence-electron chi connectivity index (χ2n) is 3.45. The Labute approximate surface area is 109 Å². The molecule has 17 heavy (non-hydrogen) atoms. The number of methoxy groups -OCH3 is 1. The van der Waals surface area contributed by atoms with E-state index in [1.165, 1.54) is 11.8 Å². The van der Waals surface area contributed by atoms with E-state index in [-0.39, 0.29) is 18.6 Å². The Bertz CT molecular complexity index is 317. The number of thiophene rings is 1. The molecule has 1 rings (SSSR count). The van der Waals surface area contributed by atoms with Gasteiger partial charge in [-0.25, -0.2) is 0 Å². The van der Waals surface area contributed by atoms with Crippen molar-refractivity contribution >= 4 is 29.0 Å². The molecule has 2 N–H and O–H groups in total. The quantitative estimate of drug-likeness (QED) is 0.703. The first-order chi connectivity index (χ1) is 8.26. The van der Waals surface area contributed by atoms with Crippen LogP contribution < -0.4 is 5.32 Å². The van der Waals surface area contributed by atoms with Gasteiger partial charge in [0, 0.05) is 13.7 Å². The van der Waals surface area contributed by atoms with Crippen molar-refractivity contribution in [2.24, 2.45) is 0 Å². The number of hydrogen-bond acceptors (Lipinski definition) is 5. The standard InChI is InChI=1S/C11H17NO3S2/c1-15-5-4-9(7-13)12-10(14)8-17-11-3-2-6-16-11/h2-3,6,9,13H,4-5,7-8H2,1H3,(H,12,14). The average molecular weight is 275 g/mol. The van der Waals surface area contributed by atoms with Gasteiger partial charge in [-0.2, -0.15) is 0 Å². The molecule has 1 aromatic heterocycles. The largest absolute Gasteiger partial charge is 0.394 e. The van der Waals surface area contributed by atoms with Gasteiger partial charge >= 0.3 is 0 Å². The molecule has 0 aliphatic carbocycles. The highest BCUT2D eigenvalue weighted by Gasteiger charge is 2.11. The van der Waals surface area contributed by atoms with Gasteiger partial charge in [0.2, 0.25) is 5.91 Å². The summed E-state index contributed by atoms with van der Waals surface area (Å²) < 4.78 is 6.03. The normalized spacial score (nSPS) is 12.4. The van der Waals surface area contributed by atoms with Gasteiger partial charge in [0.1, 0.15) is 0 Å². The molecule has 1 heterocycles. The van der Waals surface area contributed by atoms with Gasteiger partial charge < -0.3 is 15.2 Å². The number of hydrogen-bond donors (Lipinski definition) is 2. The van der Waals surface area contributed by atoms with Gasteiger partial charge in [-0.15, -0.1) is 23.1 Å². The molecule has 0 aromatic carbocycles. The molecule has 96 valence electrons. The summed E-state index contributed by atoms with van der Waals surface area (Å²) in [6.07, 6.45) is 0.627. The Hall–Kier alpha value is -0.560. The molecule has 0 radical (unpaired) electrons. The van der Waals surface area contributed by atoms with E-state index in [0.717, 1.165) is 4.21 Å². The minimum absolute atomic E-state index is 0.0568. The lowest BCUT2D eigenvalue weighted by atomic mass is 10.2. The maximum atomic E-state index is 11.6. The number of carbonyl (C=O) groups excluding carboxylic acids is 1. The Morgan fingerprint density at radius 3 is 3.12 bits per heavy atom. The smallest absolute Gasteiger partial charge is 0.230 e. The molecule has 0 fully saturated rings.